The third-order valence-electron chi connectivity index (χ3n) is 4.51. The second kappa shape index (κ2) is 6.70. The Hall–Kier alpha value is -2.87. The lowest BCUT2D eigenvalue weighted by molar-refractivity contribution is -0.160. The van der Waals surface area contributed by atoms with E-state index in [1.165, 1.54) is 11.3 Å². The highest BCUT2D eigenvalue weighted by Crippen LogP contribution is 2.32. The molecular formula is C19H18N2O5S. The number of rotatable bonds is 3. The number of para-hydroxylation sites is 2. The van der Waals surface area contributed by atoms with Crippen molar-refractivity contribution in [2.24, 2.45) is 0 Å². The Labute approximate surface area is 158 Å². The van der Waals surface area contributed by atoms with E-state index in [9.17, 15) is 9.59 Å². The number of fused-ring (bicyclic) bond motifs is 2. The van der Waals surface area contributed by atoms with Crippen LogP contribution >= 0.6 is 11.3 Å². The largest absolute Gasteiger partial charge is 0.485 e. The number of aromatic nitrogens is 2. The fourth-order valence-electron chi connectivity index (χ4n) is 2.91. The number of carbonyl (C=O) groups is 1. The summed E-state index contributed by atoms with van der Waals surface area (Å²) < 4.78 is 16.7. The zero-order valence-corrected chi connectivity index (χ0v) is 15.9. The summed E-state index contributed by atoms with van der Waals surface area (Å²) in [5.74, 6) is 0.822. The number of aryl methyl sites for hydroxylation is 2. The van der Waals surface area contributed by atoms with Gasteiger partial charge in [0.25, 0.3) is 5.56 Å². The number of hydrogen-bond acceptors (Lipinski definition) is 7. The third-order valence-corrected chi connectivity index (χ3v) is 5.61. The second-order valence-corrected chi connectivity index (χ2v) is 7.56. The number of aromatic amines is 1. The Balaban J connectivity index is 1.52. The monoisotopic (exact) mass is 386 g/mol. The number of nitrogens with zero attached hydrogens (tertiary/aromatic N) is 1. The van der Waals surface area contributed by atoms with Crippen LogP contribution in [0.15, 0.2) is 29.1 Å². The van der Waals surface area contributed by atoms with Gasteiger partial charge in [-0.3, -0.25) is 4.79 Å². The molecule has 3 heterocycles. The molecule has 27 heavy (non-hydrogen) atoms. The molecular weight excluding hydrogens is 368 g/mol. The number of benzene rings is 1. The predicted molar refractivity (Wildman–Crippen MR) is 101 cm³/mol. The molecule has 7 nitrogen and oxygen atoms in total. The van der Waals surface area contributed by atoms with Crippen LogP contribution in [0.25, 0.3) is 10.2 Å². The van der Waals surface area contributed by atoms with Crippen LogP contribution in [-0.4, -0.2) is 28.6 Å². The van der Waals surface area contributed by atoms with Crippen molar-refractivity contribution in [3.8, 4) is 11.5 Å². The number of nitrogens with one attached hydrogen (secondary N) is 1. The van der Waals surface area contributed by atoms with E-state index in [4.69, 9.17) is 14.2 Å². The van der Waals surface area contributed by atoms with Crippen molar-refractivity contribution in [2.45, 2.75) is 33.0 Å². The normalized spacial score (nSPS) is 16.9. The summed E-state index contributed by atoms with van der Waals surface area (Å²) in [6.07, 6.45) is -1.60. The Kier molecular flexibility index (Phi) is 4.35. The molecule has 1 N–H and O–H groups in total. The van der Waals surface area contributed by atoms with Crippen LogP contribution in [0.5, 0.6) is 11.5 Å². The van der Waals surface area contributed by atoms with Crippen molar-refractivity contribution >= 4 is 27.5 Å². The van der Waals surface area contributed by atoms with Gasteiger partial charge in [0.1, 0.15) is 11.4 Å². The average molecular weight is 386 g/mol. The Bertz CT molecular complexity index is 1090. The third kappa shape index (κ3) is 3.16. The van der Waals surface area contributed by atoms with E-state index >= 15 is 0 Å². The van der Waals surface area contributed by atoms with E-state index in [0.29, 0.717) is 27.5 Å². The summed E-state index contributed by atoms with van der Waals surface area (Å²) in [7, 11) is 0. The minimum atomic E-state index is -0.871. The maximum Gasteiger partial charge on any atom is 0.351 e. The van der Waals surface area contributed by atoms with Gasteiger partial charge in [-0.25, -0.2) is 9.78 Å². The summed E-state index contributed by atoms with van der Waals surface area (Å²) in [5, 5.41) is 0.584. The molecule has 0 fully saturated rings. The second-order valence-electron chi connectivity index (χ2n) is 6.36. The highest BCUT2D eigenvalue weighted by molar-refractivity contribution is 7.18. The summed E-state index contributed by atoms with van der Waals surface area (Å²) in [6, 6.07) is 7.13. The number of ether oxygens (including phenoxy) is 3. The van der Waals surface area contributed by atoms with Crippen LogP contribution in [0, 0.1) is 13.8 Å². The Morgan fingerprint density at radius 3 is 2.85 bits per heavy atom. The SMILES string of the molecule is Cc1sc2nc([C@H](C)OC(=O)[C@@H]3COc4ccccc4O3)[nH]c(=O)c2c1C. The van der Waals surface area contributed by atoms with Gasteiger partial charge in [0.2, 0.25) is 6.10 Å². The van der Waals surface area contributed by atoms with Crippen LogP contribution in [-0.2, 0) is 9.53 Å². The molecule has 0 radical (unpaired) electrons. The minimum Gasteiger partial charge on any atom is -0.485 e. The summed E-state index contributed by atoms with van der Waals surface area (Å²) in [5.41, 5.74) is 0.692. The molecule has 0 saturated heterocycles. The molecule has 2 atom stereocenters. The summed E-state index contributed by atoms with van der Waals surface area (Å²) in [6.45, 7) is 5.57. The van der Waals surface area contributed by atoms with Crippen molar-refractivity contribution in [1.82, 2.24) is 9.97 Å². The maximum absolute atomic E-state index is 12.5. The number of hydrogen-bond donors (Lipinski definition) is 1. The smallest absolute Gasteiger partial charge is 0.351 e. The van der Waals surface area contributed by atoms with Gasteiger partial charge in [0, 0.05) is 4.88 Å². The molecule has 0 saturated carbocycles. The van der Waals surface area contributed by atoms with Gasteiger partial charge in [-0.05, 0) is 38.5 Å². The van der Waals surface area contributed by atoms with Crippen LogP contribution in [0.1, 0.15) is 29.3 Å². The van der Waals surface area contributed by atoms with Gasteiger partial charge in [-0.2, -0.15) is 0 Å². The van der Waals surface area contributed by atoms with E-state index in [1.54, 1.807) is 25.1 Å². The van der Waals surface area contributed by atoms with Crippen molar-refractivity contribution in [1.29, 1.82) is 0 Å². The molecule has 0 spiro atoms. The first-order chi connectivity index (χ1) is 12.9. The molecule has 8 heteroatoms. The molecule has 3 aromatic rings. The number of carbonyl (C=O) groups excluding carboxylic acids is 1. The average Bonchev–Trinajstić information content (AvgIpc) is 2.95. The van der Waals surface area contributed by atoms with Gasteiger partial charge in [-0.1, -0.05) is 12.1 Å². The van der Waals surface area contributed by atoms with Crippen LogP contribution in [0.4, 0.5) is 0 Å². The molecule has 0 aliphatic carbocycles. The van der Waals surface area contributed by atoms with Gasteiger partial charge >= 0.3 is 5.97 Å². The van der Waals surface area contributed by atoms with Gasteiger partial charge in [0.15, 0.2) is 23.4 Å². The first-order valence-corrected chi connectivity index (χ1v) is 9.34. The lowest BCUT2D eigenvalue weighted by atomic mass is 10.2. The van der Waals surface area contributed by atoms with Crippen molar-refractivity contribution < 1.29 is 19.0 Å². The first kappa shape index (κ1) is 17.5. The number of H-pyrrole nitrogens is 1. The van der Waals surface area contributed by atoms with Gasteiger partial charge in [0.05, 0.1) is 5.39 Å². The van der Waals surface area contributed by atoms with E-state index in [0.717, 1.165) is 10.4 Å². The topological polar surface area (TPSA) is 90.5 Å². The lowest BCUT2D eigenvalue weighted by Crippen LogP contribution is -2.38. The predicted octanol–water partition coefficient (Wildman–Crippen LogP) is 3.05. The maximum atomic E-state index is 12.5. The molecule has 140 valence electrons. The highest BCUT2D eigenvalue weighted by atomic mass is 32.1. The highest BCUT2D eigenvalue weighted by Gasteiger charge is 2.30. The lowest BCUT2D eigenvalue weighted by Gasteiger charge is -2.25. The zero-order chi connectivity index (χ0) is 19.1. The zero-order valence-electron chi connectivity index (χ0n) is 15.1. The van der Waals surface area contributed by atoms with Crippen molar-refractivity contribution in [3.63, 3.8) is 0 Å². The van der Waals surface area contributed by atoms with Gasteiger partial charge in [-0.15, -0.1) is 11.3 Å². The van der Waals surface area contributed by atoms with Crippen molar-refractivity contribution in [3.05, 3.63) is 50.9 Å². The van der Waals surface area contributed by atoms with Crippen molar-refractivity contribution in [2.75, 3.05) is 6.61 Å². The molecule has 1 aromatic carbocycles. The molecule has 0 amide bonds. The fraction of sp³-hybridized carbons (Fsp3) is 0.316. The fourth-order valence-corrected chi connectivity index (χ4v) is 3.94. The quantitative estimate of drug-likeness (QED) is 0.696. The Morgan fingerprint density at radius 1 is 1.33 bits per heavy atom. The molecule has 0 bridgehead atoms. The molecule has 1 aliphatic heterocycles. The van der Waals surface area contributed by atoms with Gasteiger partial charge < -0.3 is 19.2 Å². The molecule has 1 aliphatic rings. The van der Waals surface area contributed by atoms with E-state index in [1.807, 2.05) is 19.9 Å². The first-order valence-electron chi connectivity index (χ1n) is 8.53. The van der Waals surface area contributed by atoms with E-state index < -0.39 is 18.2 Å². The van der Waals surface area contributed by atoms with Crippen LogP contribution in [0.2, 0.25) is 0 Å². The minimum absolute atomic E-state index is 0.0643. The van der Waals surface area contributed by atoms with Crippen LogP contribution < -0.4 is 15.0 Å². The van der Waals surface area contributed by atoms with E-state index in [2.05, 4.69) is 9.97 Å². The number of esters is 1. The summed E-state index contributed by atoms with van der Waals surface area (Å²) >= 11 is 1.45. The van der Waals surface area contributed by atoms with E-state index in [-0.39, 0.29) is 12.2 Å². The Morgan fingerprint density at radius 2 is 2.07 bits per heavy atom. The molecule has 4 rings (SSSR count). The summed E-state index contributed by atoms with van der Waals surface area (Å²) in [4.78, 5) is 33.7. The standard InChI is InChI=1S/C19H18N2O5S/c1-9-11(3)27-18-15(9)17(22)20-16(21-18)10(2)25-19(23)14-8-24-12-6-4-5-7-13(12)26-14/h4-7,10,14H,8H2,1-3H3,(H,20,21,22)/t10-,14-/m0/s1. The molecule has 2 aromatic heterocycles. The number of thiophene rings is 1. The van der Waals surface area contributed by atoms with Crippen LogP contribution in [0.3, 0.4) is 0 Å². The molecule has 0 unspecified atom stereocenters.